The lowest BCUT2D eigenvalue weighted by Crippen LogP contribution is -2.02. The van der Waals surface area contributed by atoms with E-state index < -0.39 is 0 Å². The highest BCUT2D eigenvalue weighted by molar-refractivity contribution is 6.11. The van der Waals surface area contributed by atoms with Gasteiger partial charge in [0.25, 0.3) is 0 Å². The summed E-state index contributed by atoms with van der Waals surface area (Å²) < 4.78 is 5.31. The largest absolute Gasteiger partial charge is 0.469 e. The highest BCUT2D eigenvalue weighted by Gasteiger charge is 2.15. The molecule has 3 aromatic rings. The monoisotopic (exact) mass is 251 g/mol. The third-order valence-corrected chi connectivity index (χ3v) is 3.18. The first-order valence-electron chi connectivity index (χ1n) is 6.25. The number of aromatic nitrogens is 1. The molecule has 0 N–H and O–H groups in total. The highest BCUT2D eigenvalue weighted by Crippen LogP contribution is 2.19. The maximum Gasteiger partial charge on any atom is 0.196 e. The summed E-state index contributed by atoms with van der Waals surface area (Å²) in [5.41, 5.74) is 2.20. The Morgan fingerprint density at radius 2 is 2.16 bits per heavy atom. The summed E-state index contributed by atoms with van der Waals surface area (Å²) in [5, 5.41) is 0.967. The normalized spacial score (nSPS) is 10.8. The van der Waals surface area contributed by atoms with Crippen LogP contribution < -0.4 is 0 Å². The molecule has 0 aliphatic carbocycles. The number of carbonyl (C=O) groups is 1. The van der Waals surface area contributed by atoms with E-state index in [1.807, 2.05) is 37.3 Å². The number of fused-ring (bicyclic) bond motifs is 1. The molecule has 3 rings (SSSR count). The quantitative estimate of drug-likeness (QED) is 0.668. The number of rotatable bonds is 3. The Morgan fingerprint density at radius 1 is 1.26 bits per heavy atom. The Balaban J connectivity index is 2.06. The third kappa shape index (κ3) is 2.03. The van der Waals surface area contributed by atoms with Crippen LogP contribution in [0.1, 0.15) is 28.6 Å². The Morgan fingerprint density at radius 3 is 3.00 bits per heavy atom. The predicted octanol–water partition coefficient (Wildman–Crippen LogP) is 3.62. The first-order valence-corrected chi connectivity index (χ1v) is 6.25. The van der Waals surface area contributed by atoms with Crippen LogP contribution in [-0.2, 0) is 6.42 Å². The van der Waals surface area contributed by atoms with E-state index in [0.717, 1.165) is 16.7 Å². The Labute approximate surface area is 110 Å². The maximum absolute atomic E-state index is 12.5. The van der Waals surface area contributed by atoms with Crippen molar-refractivity contribution >= 4 is 16.7 Å². The van der Waals surface area contributed by atoms with Gasteiger partial charge in [0.15, 0.2) is 5.78 Å². The van der Waals surface area contributed by atoms with E-state index >= 15 is 0 Å². The van der Waals surface area contributed by atoms with Crippen LogP contribution in [0.2, 0.25) is 0 Å². The lowest BCUT2D eigenvalue weighted by molar-refractivity contribution is 0.103. The van der Waals surface area contributed by atoms with Gasteiger partial charge in [0.05, 0.1) is 17.3 Å². The predicted molar refractivity (Wildman–Crippen MR) is 73.3 cm³/mol. The van der Waals surface area contributed by atoms with E-state index in [-0.39, 0.29) is 5.78 Å². The summed E-state index contributed by atoms with van der Waals surface area (Å²) in [5.74, 6) is 0.729. The first kappa shape index (κ1) is 11.7. The van der Waals surface area contributed by atoms with Gasteiger partial charge in [0.2, 0.25) is 0 Å². The summed E-state index contributed by atoms with van der Waals surface area (Å²) in [7, 11) is 0. The van der Waals surface area contributed by atoms with E-state index in [0.29, 0.717) is 17.5 Å². The molecule has 0 atom stereocenters. The van der Waals surface area contributed by atoms with Crippen LogP contribution in [0.4, 0.5) is 0 Å². The molecule has 0 aliphatic rings. The van der Waals surface area contributed by atoms with Crippen LogP contribution >= 0.6 is 0 Å². The average molecular weight is 251 g/mol. The molecule has 0 saturated carbocycles. The molecule has 0 unspecified atom stereocenters. The van der Waals surface area contributed by atoms with Gasteiger partial charge < -0.3 is 4.42 Å². The minimum atomic E-state index is -0.00338. The van der Waals surface area contributed by atoms with Crippen molar-refractivity contribution in [3.63, 3.8) is 0 Å². The van der Waals surface area contributed by atoms with Gasteiger partial charge in [-0.15, -0.1) is 0 Å². The number of benzene rings is 1. The summed E-state index contributed by atoms with van der Waals surface area (Å²) in [6.45, 7) is 1.97. The van der Waals surface area contributed by atoms with Gasteiger partial charge in [0, 0.05) is 23.6 Å². The molecule has 0 amide bonds. The van der Waals surface area contributed by atoms with Crippen molar-refractivity contribution < 1.29 is 9.21 Å². The molecular formula is C16H13NO2. The van der Waals surface area contributed by atoms with Crippen molar-refractivity contribution in [3.05, 3.63) is 65.7 Å². The van der Waals surface area contributed by atoms with Crippen LogP contribution in [-0.4, -0.2) is 10.8 Å². The lowest BCUT2D eigenvalue weighted by atomic mass is 10.0. The molecule has 2 heterocycles. The number of hydrogen-bond acceptors (Lipinski definition) is 3. The van der Waals surface area contributed by atoms with Gasteiger partial charge in [-0.1, -0.05) is 13.0 Å². The fourth-order valence-corrected chi connectivity index (χ4v) is 2.19. The molecule has 19 heavy (non-hydrogen) atoms. The lowest BCUT2D eigenvalue weighted by Gasteiger charge is -2.02. The van der Waals surface area contributed by atoms with Crippen LogP contribution in [0.25, 0.3) is 10.9 Å². The summed E-state index contributed by atoms with van der Waals surface area (Å²) in [4.78, 5) is 16.7. The third-order valence-electron chi connectivity index (χ3n) is 3.18. The van der Waals surface area contributed by atoms with Crippen molar-refractivity contribution in [1.82, 2.24) is 4.98 Å². The molecule has 0 aliphatic heterocycles. The van der Waals surface area contributed by atoms with Gasteiger partial charge in [-0.2, -0.15) is 0 Å². The number of pyridine rings is 1. The van der Waals surface area contributed by atoms with Crippen molar-refractivity contribution in [1.29, 1.82) is 0 Å². The average Bonchev–Trinajstić information content (AvgIpc) is 2.94. The molecule has 0 fully saturated rings. The Bertz CT molecular complexity index is 743. The topological polar surface area (TPSA) is 43.1 Å². The molecule has 2 aromatic heterocycles. The zero-order chi connectivity index (χ0) is 13.2. The van der Waals surface area contributed by atoms with Gasteiger partial charge >= 0.3 is 0 Å². The molecule has 94 valence electrons. The van der Waals surface area contributed by atoms with Gasteiger partial charge in [-0.25, -0.2) is 0 Å². The zero-order valence-corrected chi connectivity index (χ0v) is 10.6. The molecule has 0 radical (unpaired) electrons. The minimum Gasteiger partial charge on any atom is -0.469 e. The maximum atomic E-state index is 12.5. The second kappa shape index (κ2) is 4.69. The molecule has 1 aromatic carbocycles. The van der Waals surface area contributed by atoms with Gasteiger partial charge in [-0.05, 0) is 30.3 Å². The molecule has 0 saturated heterocycles. The summed E-state index contributed by atoms with van der Waals surface area (Å²) >= 11 is 0. The smallest absolute Gasteiger partial charge is 0.196 e. The standard InChI is InChI=1S/C16H13NO2/c1-2-15-13(7-9-19-15)16(18)12-5-6-14-11(10-12)4-3-8-17-14/h3-10H,2H2,1H3. The van der Waals surface area contributed by atoms with Crippen molar-refractivity contribution in [2.75, 3.05) is 0 Å². The van der Waals surface area contributed by atoms with Gasteiger partial charge in [0.1, 0.15) is 5.76 Å². The highest BCUT2D eigenvalue weighted by atomic mass is 16.3. The Kier molecular flexibility index (Phi) is 2.88. The first-order chi connectivity index (χ1) is 9.29. The zero-order valence-electron chi connectivity index (χ0n) is 10.6. The van der Waals surface area contributed by atoms with Crippen molar-refractivity contribution in [2.24, 2.45) is 0 Å². The number of carbonyl (C=O) groups excluding carboxylic acids is 1. The molecule has 3 nitrogen and oxygen atoms in total. The van der Waals surface area contributed by atoms with Crippen LogP contribution in [0.5, 0.6) is 0 Å². The number of furan rings is 1. The summed E-state index contributed by atoms with van der Waals surface area (Å²) in [6.07, 6.45) is 4.02. The minimum absolute atomic E-state index is 0.00338. The van der Waals surface area contributed by atoms with E-state index in [4.69, 9.17) is 4.42 Å². The fraction of sp³-hybridized carbons (Fsp3) is 0.125. The van der Waals surface area contributed by atoms with E-state index in [1.165, 1.54) is 0 Å². The van der Waals surface area contributed by atoms with Crippen LogP contribution in [0, 0.1) is 0 Å². The fourth-order valence-electron chi connectivity index (χ4n) is 2.19. The second-order valence-electron chi connectivity index (χ2n) is 4.35. The van der Waals surface area contributed by atoms with E-state index in [2.05, 4.69) is 4.98 Å². The molecule has 3 heteroatoms. The van der Waals surface area contributed by atoms with Crippen LogP contribution in [0.3, 0.4) is 0 Å². The number of aryl methyl sites for hydroxylation is 1. The molecule has 0 spiro atoms. The van der Waals surface area contributed by atoms with Crippen molar-refractivity contribution in [2.45, 2.75) is 13.3 Å². The number of hydrogen-bond donors (Lipinski definition) is 0. The van der Waals surface area contributed by atoms with Crippen LogP contribution in [0.15, 0.2) is 53.3 Å². The summed E-state index contributed by atoms with van der Waals surface area (Å²) in [6, 6.07) is 11.1. The molecule has 0 bridgehead atoms. The Hall–Kier alpha value is -2.42. The molecular weight excluding hydrogens is 238 g/mol. The van der Waals surface area contributed by atoms with E-state index in [9.17, 15) is 4.79 Å². The second-order valence-corrected chi connectivity index (χ2v) is 4.35. The van der Waals surface area contributed by atoms with E-state index in [1.54, 1.807) is 18.5 Å². The van der Waals surface area contributed by atoms with Crippen molar-refractivity contribution in [3.8, 4) is 0 Å². The number of ketones is 1. The SMILES string of the molecule is CCc1occc1C(=O)c1ccc2ncccc2c1. The number of nitrogens with zero attached hydrogens (tertiary/aromatic N) is 1. The van der Waals surface area contributed by atoms with Gasteiger partial charge in [-0.3, -0.25) is 9.78 Å².